The van der Waals surface area contributed by atoms with Crippen LogP contribution < -0.4 is 4.90 Å². The SMILES string of the molecule is Cc1nc(N2CCCC2)ccc1/C=N/O. The fourth-order valence-corrected chi connectivity index (χ4v) is 1.88. The van der Waals surface area contributed by atoms with Crippen LogP contribution in [0, 0.1) is 6.92 Å². The van der Waals surface area contributed by atoms with Crippen molar-refractivity contribution in [2.45, 2.75) is 19.8 Å². The Kier molecular flexibility index (Phi) is 2.85. The Morgan fingerprint density at radius 2 is 2.13 bits per heavy atom. The molecule has 0 spiro atoms. The van der Waals surface area contributed by atoms with Gasteiger partial charge in [-0.05, 0) is 31.9 Å². The van der Waals surface area contributed by atoms with Gasteiger partial charge in [0.25, 0.3) is 0 Å². The van der Waals surface area contributed by atoms with Crippen LogP contribution in [0.4, 0.5) is 5.82 Å². The summed E-state index contributed by atoms with van der Waals surface area (Å²) in [5.74, 6) is 1.03. The summed E-state index contributed by atoms with van der Waals surface area (Å²) in [4.78, 5) is 6.78. The second kappa shape index (κ2) is 4.29. The van der Waals surface area contributed by atoms with Crippen LogP contribution in [0.1, 0.15) is 24.1 Å². The van der Waals surface area contributed by atoms with Crippen LogP contribution >= 0.6 is 0 Å². The number of pyridine rings is 1. The van der Waals surface area contributed by atoms with Crippen LogP contribution in [0.2, 0.25) is 0 Å². The molecule has 1 N–H and O–H groups in total. The zero-order valence-corrected chi connectivity index (χ0v) is 8.85. The first kappa shape index (κ1) is 9.96. The molecule has 2 heterocycles. The molecule has 1 saturated heterocycles. The first-order chi connectivity index (χ1) is 7.31. The molecule has 2 rings (SSSR count). The molecule has 0 unspecified atom stereocenters. The number of nitrogens with zero attached hydrogens (tertiary/aromatic N) is 3. The van der Waals surface area contributed by atoms with E-state index in [1.165, 1.54) is 19.1 Å². The molecule has 1 aliphatic rings. The van der Waals surface area contributed by atoms with Crippen molar-refractivity contribution in [3.8, 4) is 0 Å². The van der Waals surface area contributed by atoms with Crippen LogP contribution in [0.15, 0.2) is 17.3 Å². The van der Waals surface area contributed by atoms with Gasteiger partial charge in [0.15, 0.2) is 0 Å². The highest BCUT2D eigenvalue weighted by atomic mass is 16.4. The van der Waals surface area contributed by atoms with Crippen molar-refractivity contribution in [2.24, 2.45) is 5.16 Å². The minimum atomic E-state index is 0.862. The lowest BCUT2D eigenvalue weighted by Gasteiger charge is -2.16. The molecule has 0 amide bonds. The molecule has 0 aliphatic carbocycles. The zero-order valence-electron chi connectivity index (χ0n) is 8.85. The minimum absolute atomic E-state index is 0.862. The fourth-order valence-electron chi connectivity index (χ4n) is 1.88. The number of hydrogen-bond donors (Lipinski definition) is 1. The third kappa shape index (κ3) is 2.09. The van der Waals surface area contributed by atoms with E-state index in [2.05, 4.69) is 15.0 Å². The zero-order chi connectivity index (χ0) is 10.7. The standard InChI is InChI=1S/C11H15N3O/c1-9-10(8-12-15)4-5-11(13-9)14-6-2-3-7-14/h4-5,8,15H,2-3,6-7H2,1H3/b12-8+. The largest absolute Gasteiger partial charge is 0.411 e. The van der Waals surface area contributed by atoms with Crippen molar-refractivity contribution in [1.29, 1.82) is 0 Å². The lowest BCUT2D eigenvalue weighted by Crippen LogP contribution is -2.19. The highest BCUT2D eigenvalue weighted by molar-refractivity contribution is 5.80. The summed E-state index contributed by atoms with van der Waals surface area (Å²) in [5.41, 5.74) is 1.76. The van der Waals surface area contributed by atoms with Gasteiger partial charge in [0.1, 0.15) is 5.82 Å². The van der Waals surface area contributed by atoms with Gasteiger partial charge in [-0.15, -0.1) is 0 Å². The van der Waals surface area contributed by atoms with Crippen LogP contribution in [0.5, 0.6) is 0 Å². The highest BCUT2D eigenvalue weighted by Crippen LogP contribution is 2.18. The molecule has 0 atom stereocenters. The van der Waals surface area contributed by atoms with Crippen molar-refractivity contribution in [1.82, 2.24) is 4.98 Å². The molecule has 0 bridgehead atoms. The van der Waals surface area contributed by atoms with E-state index in [0.717, 1.165) is 30.2 Å². The van der Waals surface area contributed by atoms with Crippen molar-refractivity contribution in [3.05, 3.63) is 23.4 Å². The van der Waals surface area contributed by atoms with Gasteiger partial charge in [-0.3, -0.25) is 0 Å². The fraction of sp³-hybridized carbons (Fsp3) is 0.455. The lowest BCUT2D eigenvalue weighted by molar-refractivity contribution is 0.322. The van der Waals surface area contributed by atoms with Gasteiger partial charge in [-0.25, -0.2) is 4.98 Å². The predicted molar refractivity (Wildman–Crippen MR) is 59.8 cm³/mol. The molecular formula is C11H15N3O. The summed E-state index contributed by atoms with van der Waals surface area (Å²) in [6.45, 7) is 4.12. The maximum atomic E-state index is 8.46. The van der Waals surface area contributed by atoms with Crippen molar-refractivity contribution in [2.75, 3.05) is 18.0 Å². The Hall–Kier alpha value is -1.58. The Labute approximate surface area is 89.2 Å². The van der Waals surface area contributed by atoms with Crippen LogP contribution in [-0.2, 0) is 0 Å². The summed E-state index contributed by atoms with van der Waals surface area (Å²) in [6.07, 6.45) is 3.91. The lowest BCUT2D eigenvalue weighted by atomic mass is 10.2. The molecule has 1 fully saturated rings. The molecule has 1 aromatic heterocycles. The van der Waals surface area contributed by atoms with Crippen LogP contribution in [-0.4, -0.2) is 29.5 Å². The molecule has 4 heteroatoms. The first-order valence-corrected chi connectivity index (χ1v) is 5.21. The Balaban J connectivity index is 2.24. The highest BCUT2D eigenvalue weighted by Gasteiger charge is 2.13. The van der Waals surface area contributed by atoms with Gasteiger partial charge in [-0.2, -0.15) is 0 Å². The molecule has 0 aromatic carbocycles. The quantitative estimate of drug-likeness (QED) is 0.455. The maximum Gasteiger partial charge on any atom is 0.128 e. The number of anilines is 1. The molecule has 0 saturated carbocycles. The number of hydrogen-bond acceptors (Lipinski definition) is 4. The van der Waals surface area contributed by atoms with E-state index < -0.39 is 0 Å². The average molecular weight is 205 g/mol. The van der Waals surface area contributed by atoms with Crippen LogP contribution in [0.25, 0.3) is 0 Å². The first-order valence-electron chi connectivity index (χ1n) is 5.21. The Morgan fingerprint density at radius 1 is 1.40 bits per heavy atom. The monoisotopic (exact) mass is 205 g/mol. The number of aryl methyl sites for hydroxylation is 1. The number of oxime groups is 1. The molecule has 1 aromatic rings. The summed E-state index contributed by atoms with van der Waals surface area (Å²) >= 11 is 0. The second-order valence-corrected chi connectivity index (χ2v) is 3.78. The summed E-state index contributed by atoms with van der Waals surface area (Å²) in [5, 5.41) is 11.5. The predicted octanol–water partition coefficient (Wildman–Crippen LogP) is 1.80. The minimum Gasteiger partial charge on any atom is -0.411 e. The number of rotatable bonds is 2. The van der Waals surface area contributed by atoms with Gasteiger partial charge in [-0.1, -0.05) is 5.16 Å². The molecule has 80 valence electrons. The van der Waals surface area contributed by atoms with E-state index in [4.69, 9.17) is 5.21 Å². The molecule has 4 nitrogen and oxygen atoms in total. The third-order valence-corrected chi connectivity index (χ3v) is 2.74. The van der Waals surface area contributed by atoms with Gasteiger partial charge in [0.2, 0.25) is 0 Å². The van der Waals surface area contributed by atoms with E-state index in [1.54, 1.807) is 0 Å². The topological polar surface area (TPSA) is 48.7 Å². The molecule has 1 aliphatic heterocycles. The third-order valence-electron chi connectivity index (χ3n) is 2.74. The number of aromatic nitrogens is 1. The summed E-state index contributed by atoms with van der Waals surface area (Å²) < 4.78 is 0. The van der Waals surface area contributed by atoms with Gasteiger partial charge in [0.05, 0.1) is 6.21 Å². The average Bonchev–Trinajstić information content (AvgIpc) is 2.74. The molecule has 15 heavy (non-hydrogen) atoms. The van der Waals surface area contributed by atoms with Crippen molar-refractivity contribution in [3.63, 3.8) is 0 Å². The second-order valence-electron chi connectivity index (χ2n) is 3.78. The smallest absolute Gasteiger partial charge is 0.128 e. The van der Waals surface area contributed by atoms with Gasteiger partial charge >= 0.3 is 0 Å². The van der Waals surface area contributed by atoms with Crippen LogP contribution in [0.3, 0.4) is 0 Å². The van der Waals surface area contributed by atoms with Crippen molar-refractivity contribution < 1.29 is 5.21 Å². The van der Waals surface area contributed by atoms with E-state index in [0.29, 0.717) is 0 Å². The van der Waals surface area contributed by atoms with Gasteiger partial charge < -0.3 is 10.1 Å². The van der Waals surface area contributed by atoms with E-state index in [-0.39, 0.29) is 0 Å². The molecule has 0 radical (unpaired) electrons. The Bertz CT molecular complexity index is 370. The van der Waals surface area contributed by atoms with Crippen molar-refractivity contribution >= 4 is 12.0 Å². The summed E-state index contributed by atoms with van der Waals surface area (Å²) in [7, 11) is 0. The van der Waals surface area contributed by atoms with E-state index >= 15 is 0 Å². The van der Waals surface area contributed by atoms with E-state index in [1.807, 2.05) is 19.1 Å². The maximum absolute atomic E-state index is 8.46. The normalized spacial score (nSPS) is 16.5. The Morgan fingerprint density at radius 3 is 2.73 bits per heavy atom. The summed E-state index contributed by atoms with van der Waals surface area (Å²) in [6, 6.07) is 3.92. The molecular weight excluding hydrogens is 190 g/mol. The van der Waals surface area contributed by atoms with Gasteiger partial charge in [0, 0.05) is 24.3 Å². The van der Waals surface area contributed by atoms with E-state index in [9.17, 15) is 0 Å².